The Kier molecular flexibility index (Phi) is 4.52. The van der Waals surface area contributed by atoms with Crippen LogP contribution in [0.3, 0.4) is 0 Å². The van der Waals surface area contributed by atoms with Gasteiger partial charge in [0.25, 0.3) is 5.91 Å². The summed E-state index contributed by atoms with van der Waals surface area (Å²) in [6, 6.07) is 8.57. The third kappa shape index (κ3) is 3.79. The largest absolute Gasteiger partial charge is 0.507 e. The van der Waals surface area contributed by atoms with Crippen molar-refractivity contribution in [1.82, 2.24) is 10.3 Å². The predicted molar refractivity (Wildman–Crippen MR) is 76.1 cm³/mol. The molecule has 1 amide bonds. The topological polar surface area (TPSA) is 62.2 Å². The first-order valence-electron chi connectivity index (χ1n) is 5.82. The summed E-state index contributed by atoms with van der Waals surface area (Å²) in [5.41, 5.74) is 1.32. The summed E-state index contributed by atoms with van der Waals surface area (Å²) in [6.45, 7) is 0.497. The summed E-state index contributed by atoms with van der Waals surface area (Å²) >= 11 is 3.27. The molecular weight excluding hydrogens is 308 g/mol. The summed E-state index contributed by atoms with van der Waals surface area (Å²) in [7, 11) is 0. The number of hydrogen-bond acceptors (Lipinski definition) is 3. The molecule has 2 rings (SSSR count). The fourth-order valence-electron chi connectivity index (χ4n) is 1.65. The van der Waals surface area contributed by atoms with Crippen LogP contribution in [0.25, 0.3) is 0 Å². The van der Waals surface area contributed by atoms with Crippen LogP contribution in [0.5, 0.6) is 5.75 Å². The Balaban J connectivity index is 1.93. The second-order valence-electron chi connectivity index (χ2n) is 4.03. The van der Waals surface area contributed by atoms with Crippen molar-refractivity contribution in [2.45, 2.75) is 6.42 Å². The van der Waals surface area contributed by atoms with E-state index >= 15 is 0 Å². The maximum atomic E-state index is 11.9. The zero-order valence-corrected chi connectivity index (χ0v) is 11.7. The number of carbonyl (C=O) groups excluding carboxylic acids is 1. The highest BCUT2D eigenvalue weighted by atomic mass is 79.9. The molecule has 0 aliphatic heterocycles. The second kappa shape index (κ2) is 6.33. The minimum atomic E-state index is -0.289. The molecule has 98 valence electrons. The quantitative estimate of drug-likeness (QED) is 0.910. The van der Waals surface area contributed by atoms with Gasteiger partial charge in [0, 0.05) is 23.4 Å². The lowest BCUT2D eigenvalue weighted by molar-refractivity contribution is 0.0951. The maximum Gasteiger partial charge on any atom is 0.255 e. The molecule has 1 aromatic heterocycles. The first kappa shape index (κ1) is 13.5. The molecule has 0 bridgehead atoms. The minimum Gasteiger partial charge on any atom is -0.507 e. The number of halogens is 1. The van der Waals surface area contributed by atoms with Crippen molar-refractivity contribution >= 4 is 21.8 Å². The molecule has 0 unspecified atom stereocenters. The number of amides is 1. The van der Waals surface area contributed by atoms with E-state index in [4.69, 9.17) is 0 Å². The minimum absolute atomic E-state index is 0.0259. The average molecular weight is 321 g/mol. The monoisotopic (exact) mass is 320 g/mol. The van der Waals surface area contributed by atoms with Crippen molar-refractivity contribution in [1.29, 1.82) is 0 Å². The zero-order chi connectivity index (χ0) is 13.7. The summed E-state index contributed by atoms with van der Waals surface area (Å²) in [6.07, 6.45) is 4.18. The average Bonchev–Trinajstić information content (AvgIpc) is 2.42. The number of nitrogens with one attached hydrogen (secondary N) is 1. The van der Waals surface area contributed by atoms with Crippen LogP contribution in [-0.2, 0) is 6.42 Å². The fraction of sp³-hybridized carbons (Fsp3) is 0.143. The third-order valence-corrected chi connectivity index (χ3v) is 3.12. The Labute approximate surface area is 119 Å². The van der Waals surface area contributed by atoms with E-state index in [2.05, 4.69) is 26.2 Å². The van der Waals surface area contributed by atoms with Gasteiger partial charge in [0.2, 0.25) is 0 Å². The standard InChI is InChI=1S/C14H13BrN2O2/c15-11-3-4-13(18)12(8-11)14(19)17-7-5-10-2-1-6-16-9-10/h1-4,6,8-9,18H,5,7H2,(H,17,19). The van der Waals surface area contributed by atoms with Gasteiger partial charge in [0.1, 0.15) is 5.75 Å². The Morgan fingerprint density at radius 1 is 1.37 bits per heavy atom. The molecule has 0 fully saturated rings. The van der Waals surface area contributed by atoms with Gasteiger partial charge in [0.15, 0.2) is 0 Å². The van der Waals surface area contributed by atoms with Gasteiger partial charge in [-0.15, -0.1) is 0 Å². The highest BCUT2D eigenvalue weighted by molar-refractivity contribution is 9.10. The van der Waals surface area contributed by atoms with E-state index in [0.29, 0.717) is 13.0 Å². The number of nitrogens with zero attached hydrogens (tertiary/aromatic N) is 1. The van der Waals surface area contributed by atoms with Crippen molar-refractivity contribution in [3.05, 3.63) is 58.3 Å². The number of rotatable bonds is 4. The number of aromatic nitrogens is 1. The molecule has 0 aliphatic rings. The number of benzene rings is 1. The van der Waals surface area contributed by atoms with Crippen LogP contribution in [0.1, 0.15) is 15.9 Å². The van der Waals surface area contributed by atoms with Gasteiger partial charge in [0.05, 0.1) is 5.56 Å². The molecule has 0 saturated carbocycles. The molecule has 5 heteroatoms. The molecule has 1 heterocycles. The van der Waals surface area contributed by atoms with Crippen molar-refractivity contribution in [3.8, 4) is 5.75 Å². The van der Waals surface area contributed by atoms with Crippen LogP contribution in [-0.4, -0.2) is 22.5 Å². The van der Waals surface area contributed by atoms with Gasteiger partial charge >= 0.3 is 0 Å². The normalized spacial score (nSPS) is 10.2. The first-order chi connectivity index (χ1) is 9.16. The lowest BCUT2D eigenvalue weighted by atomic mass is 10.1. The fourth-order valence-corrected chi connectivity index (χ4v) is 2.01. The van der Waals surface area contributed by atoms with Crippen molar-refractivity contribution in [2.24, 2.45) is 0 Å². The third-order valence-electron chi connectivity index (χ3n) is 2.63. The smallest absolute Gasteiger partial charge is 0.255 e. The lowest BCUT2D eigenvalue weighted by Gasteiger charge is -2.07. The van der Waals surface area contributed by atoms with E-state index in [1.165, 1.54) is 6.07 Å². The van der Waals surface area contributed by atoms with Crippen molar-refractivity contribution < 1.29 is 9.90 Å². The van der Waals surface area contributed by atoms with Gasteiger partial charge in [-0.3, -0.25) is 9.78 Å². The molecule has 2 aromatic rings. The van der Waals surface area contributed by atoms with Gasteiger partial charge in [-0.25, -0.2) is 0 Å². The molecule has 2 N–H and O–H groups in total. The van der Waals surface area contributed by atoms with E-state index in [0.717, 1.165) is 10.0 Å². The molecule has 0 atom stereocenters. The van der Waals surface area contributed by atoms with Gasteiger partial charge in [-0.05, 0) is 36.2 Å². The molecule has 4 nitrogen and oxygen atoms in total. The van der Waals surface area contributed by atoms with E-state index < -0.39 is 0 Å². The Hall–Kier alpha value is -1.88. The van der Waals surface area contributed by atoms with Crippen molar-refractivity contribution in [3.63, 3.8) is 0 Å². The summed E-state index contributed by atoms with van der Waals surface area (Å²) in [4.78, 5) is 15.9. The van der Waals surface area contributed by atoms with Crippen molar-refractivity contribution in [2.75, 3.05) is 6.54 Å². The number of phenols is 1. The molecule has 0 spiro atoms. The molecular formula is C14H13BrN2O2. The van der Waals surface area contributed by atoms with Gasteiger partial charge in [-0.1, -0.05) is 22.0 Å². The number of carbonyl (C=O) groups is 1. The SMILES string of the molecule is O=C(NCCc1cccnc1)c1cc(Br)ccc1O. The first-order valence-corrected chi connectivity index (χ1v) is 6.62. The molecule has 0 aliphatic carbocycles. The van der Waals surface area contributed by atoms with Crippen LogP contribution in [0, 0.1) is 0 Å². The van der Waals surface area contributed by atoms with Crippen LogP contribution < -0.4 is 5.32 Å². The Morgan fingerprint density at radius 3 is 2.95 bits per heavy atom. The van der Waals surface area contributed by atoms with Gasteiger partial charge in [-0.2, -0.15) is 0 Å². The summed E-state index contributed by atoms with van der Waals surface area (Å²) in [5.74, 6) is -0.315. The zero-order valence-electron chi connectivity index (χ0n) is 10.1. The number of phenolic OH excluding ortho intramolecular Hbond substituents is 1. The molecule has 0 saturated heterocycles. The molecule has 0 radical (unpaired) electrons. The van der Waals surface area contributed by atoms with E-state index in [1.54, 1.807) is 24.5 Å². The molecule has 1 aromatic carbocycles. The van der Waals surface area contributed by atoms with Crippen LogP contribution in [0.4, 0.5) is 0 Å². The number of pyridine rings is 1. The van der Waals surface area contributed by atoms with Crippen LogP contribution >= 0.6 is 15.9 Å². The van der Waals surface area contributed by atoms with Crippen LogP contribution in [0.2, 0.25) is 0 Å². The number of hydrogen-bond donors (Lipinski definition) is 2. The van der Waals surface area contributed by atoms with Crippen LogP contribution in [0.15, 0.2) is 47.2 Å². The Bertz CT molecular complexity index is 573. The van der Waals surface area contributed by atoms with E-state index in [-0.39, 0.29) is 17.2 Å². The Morgan fingerprint density at radius 2 is 2.21 bits per heavy atom. The van der Waals surface area contributed by atoms with E-state index in [9.17, 15) is 9.90 Å². The van der Waals surface area contributed by atoms with Gasteiger partial charge < -0.3 is 10.4 Å². The molecule has 19 heavy (non-hydrogen) atoms. The highest BCUT2D eigenvalue weighted by Gasteiger charge is 2.10. The summed E-state index contributed by atoms with van der Waals surface area (Å²) in [5, 5.41) is 12.4. The lowest BCUT2D eigenvalue weighted by Crippen LogP contribution is -2.25. The summed E-state index contributed by atoms with van der Waals surface area (Å²) < 4.78 is 0.753. The maximum absolute atomic E-state index is 11.9. The van der Waals surface area contributed by atoms with E-state index in [1.807, 2.05) is 12.1 Å². The highest BCUT2D eigenvalue weighted by Crippen LogP contribution is 2.21. The predicted octanol–water partition coefficient (Wildman–Crippen LogP) is 2.52. The number of aromatic hydroxyl groups is 1. The second-order valence-corrected chi connectivity index (χ2v) is 4.94.